The summed E-state index contributed by atoms with van der Waals surface area (Å²) in [5.41, 5.74) is 1.78. The third-order valence-electron chi connectivity index (χ3n) is 5.63. The van der Waals surface area contributed by atoms with E-state index in [4.69, 9.17) is 4.74 Å². The number of fused-ring (bicyclic) bond motifs is 1. The molecule has 0 N–H and O–H groups in total. The van der Waals surface area contributed by atoms with Crippen LogP contribution in [0.4, 0.5) is 13.2 Å². The second-order valence-electron chi connectivity index (χ2n) is 7.61. The van der Waals surface area contributed by atoms with Crippen molar-refractivity contribution in [2.45, 2.75) is 25.9 Å². The van der Waals surface area contributed by atoms with Crippen molar-refractivity contribution in [2.75, 3.05) is 14.2 Å². The van der Waals surface area contributed by atoms with Crippen molar-refractivity contribution in [1.82, 2.24) is 9.47 Å². The monoisotopic (exact) mass is 414 g/mol. The molecule has 30 heavy (non-hydrogen) atoms. The largest absolute Gasteiger partial charge is 0.495 e. The Morgan fingerprint density at radius 1 is 1.03 bits per heavy atom. The first-order chi connectivity index (χ1) is 14.3. The molecule has 0 amide bonds. The van der Waals surface area contributed by atoms with Crippen LogP contribution in [0.2, 0.25) is 0 Å². The summed E-state index contributed by atoms with van der Waals surface area (Å²) in [5, 5.41) is 0. The predicted octanol–water partition coefficient (Wildman–Crippen LogP) is 4.31. The zero-order valence-electron chi connectivity index (χ0n) is 16.9. The molecule has 0 spiro atoms. The summed E-state index contributed by atoms with van der Waals surface area (Å²) in [6.45, 7) is 2.73. The van der Waals surface area contributed by atoms with Crippen molar-refractivity contribution >= 4 is 0 Å². The second-order valence-corrected chi connectivity index (χ2v) is 7.61. The molecule has 0 bridgehead atoms. The van der Waals surface area contributed by atoms with Gasteiger partial charge >= 0.3 is 0 Å². The number of rotatable bonds is 3. The summed E-state index contributed by atoms with van der Waals surface area (Å²) in [6, 6.07) is 8.82. The van der Waals surface area contributed by atoms with E-state index in [1.165, 1.54) is 29.9 Å². The molecule has 1 aliphatic heterocycles. The van der Waals surface area contributed by atoms with Crippen molar-refractivity contribution in [1.29, 1.82) is 0 Å². The molecule has 4 nitrogen and oxygen atoms in total. The number of likely N-dealkylation sites (N-methyl/N-ethyl adjacent to an activating group) is 1. The summed E-state index contributed by atoms with van der Waals surface area (Å²) >= 11 is 0. The minimum Gasteiger partial charge on any atom is -0.495 e. The molecule has 0 saturated heterocycles. The lowest BCUT2D eigenvalue weighted by molar-refractivity contribution is 0.226. The van der Waals surface area contributed by atoms with Crippen LogP contribution >= 0.6 is 0 Å². The van der Waals surface area contributed by atoms with E-state index in [1.54, 1.807) is 6.07 Å². The lowest BCUT2D eigenvalue weighted by Gasteiger charge is -2.33. The van der Waals surface area contributed by atoms with E-state index in [2.05, 4.69) is 11.8 Å². The summed E-state index contributed by atoms with van der Waals surface area (Å²) in [4.78, 5) is 15.0. The lowest BCUT2D eigenvalue weighted by Crippen LogP contribution is -2.38. The molecule has 156 valence electrons. The Morgan fingerprint density at radius 3 is 2.40 bits per heavy atom. The second kappa shape index (κ2) is 7.65. The average Bonchev–Trinajstić information content (AvgIpc) is 2.68. The molecular weight excluding hydrogens is 393 g/mol. The Morgan fingerprint density at radius 2 is 1.73 bits per heavy atom. The first-order valence-electron chi connectivity index (χ1n) is 9.57. The molecule has 0 radical (unpaired) electrons. The number of methoxy groups -OCH3 is 1. The smallest absolute Gasteiger partial charge is 0.255 e. The van der Waals surface area contributed by atoms with Crippen molar-refractivity contribution in [2.24, 2.45) is 0 Å². The van der Waals surface area contributed by atoms with Crippen molar-refractivity contribution in [3.63, 3.8) is 0 Å². The molecule has 2 aromatic carbocycles. The van der Waals surface area contributed by atoms with E-state index in [9.17, 15) is 13.6 Å². The van der Waals surface area contributed by atoms with Crippen LogP contribution < -0.4 is 10.3 Å². The van der Waals surface area contributed by atoms with Crippen molar-refractivity contribution in [3.05, 3.63) is 81.5 Å². The summed E-state index contributed by atoms with van der Waals surface area (Å²) in [6.07, 6.45) is 0.615. The highest BCUT2D eigenvalue weighted by molar-refractivity contribution is 5.69. The maximum absolute atomic E-state index is 15.1. The summed E-state index contributed by atoms with van der Waals surface area (Å²) < 4.78 is 49.3. The van der Waals surface area contributed by atoms with Crippen LogP contribution in [0.1, 0.15) is 18.2 Å². The topological polar surface area (TPSA) is 34.5 Å². The van der Waals surface area contributed by atoms with E-state index < -0.39 is 17.5 Å². The quantitative estimate of drug-likeness (QED) is 0.641. The number of hydrogen-bond acceptors (Lipinski definition) is 3. The van der Waals surface area contributed by atoms with Crippen LogP contribution in [0.5, 0.6) is 5.75 Å². The first-order valence-corrected chi connectivity index (χ1v) is 9.57. The molecule has 3 aromatic rings. The van der Waals surface area contributed by atoms with Crippen LogP contribution in [-0.2, 0) is 13.0 Å². The van der Waals surface area contributed by atoms with Gasteiger partial charge in [0.05, 0.1) is 12.8 Å². The number of aromatic nitrogens is 1. The molecule has 4 rings (SSSR count). The maximum Gasteiger partial charge on any atom is 0.255 e. The fraction of sp³-hybridized carbons (Fsp3) is 0.261. The van der Waals surface area contributed by atoms with Gasteiger partial charge in [0, 0.05) is 48.5 Å². The normalized spacial score (nSPS) is 16.4. The van der Waals surface area contributed by atoms with Gasteiger partial charge in [0.1, 0.15) is 23.2 Å². The Labute approximate surface area is 172 Å². The Balaban J connectivity index is 1.93. The van der Waals surface area contributed by atoms with Gasteiger partial charge in [-0.1, -0.05) is 6.07 Å². The van der Waals surface area contributed by atoms with Crippen LogP contribution in [-0.4, -0.2) is 29.7 Å². The van der Waals surface area contributed by atoms with Gasteiger partial charge in [-0.25, -0.2) is 13.2 Å². The highest BCUT2D eigenvalue weighted by Gasteiger charge is 2.25. The maximum atomic E-state index is 15.1. The zero-order valence-corrected chi connectivity index (χ0v) is 16.9. The highest BCUT2D eigenvalue weighted by Crippen LogP contribution is 2.34. The zero-order chi connectivity index (χ0) is 21.6. The molecule has 0 saturated carbocycles. The van der Waals surface area contributed by atoms with Gasteiger partial charge in [-0.05, 0) is 43.3 Å². The fourth-order valence-electron chi connectivity index (χ4n) is 3.92. The van der Waals surface area contributed by atoms with Crippen molar-refractivity contribution in [3.8, 4) is 22.6 Å². The van der Waals surface area contributed by atoms with E-state index >= 15 is 4.39 Å². The van der Waals surface area contributed by atoms with E-state index in [1.807, 2.05) is 7.05 Å². The van der Waals surface area contributed by atoms with E-state index in [0.717, 1.165) is 29.5 Å². The lowest BCUT2D eigenvalue weighted by atomic mass is 9.99. The van der Waals surface area contributed by atoms with Crippen molar-refractivity contribution < 1.29 is 17.9 Å². The van der Waals surface area contributed by atoms with Crippen LogP contribution in [0.15, 0.2) is 47.3 Å². The minimum atomic E-state index is -0.807. The van der Waals surface area contributed by atoms with Gasteiger partial charge in [-0.15, -0.1) is 0 Å². The molecule has 2 heterocycles. The summed E-state index contributed by atoms with van der Waals surface area (Å²) in [5.74, 6) is -2.09. The Kier molecular flexibility index (Phi) is 5.15. The number of hydrogen-bond donors (Lipinski definition) is 0. The number of benzene rings is 2. The third-order valence-corrected chi connectivity index (χ3v) is 5.63. The van der Waals surface area contributed by atoms with E-state index in [-0.39, 0.29) is 34.2 Å². The Bertz CT molecular complexity index is 1170. The van der Waals surface area contributed by atoms with Gasteiger partial charge in [0.25, 0.3) is 5.56 Å². The first kappa shape index (κ1) is 20.2. The number of pyridine rings is 1. The Hall–Kier alpha value is -3.06. The number of halogens is 3. The minimum absolute atomic E-state index is 0.0139. The van der Waals surface area contributed by atoms with Crippen LogP contribution in [0.25, 0.3) is 16.8 Å². The van der Waals surface area contributed by atoms with Gasteiger partial charge in [-0.2, -0.15) is 0 Å². The fourth-order valence-corrected chi connectivity index (χ4v) is 3.92. The number of ether oxygens (including phenoxy) is 1. The number of nitrogens with zero attached hydrogens (tertiary/aromatic N) is 2. The van der Waals surface area contributed by atoms with E-state index in [0.29, 0.717) is 13.0 Å². The molecule has 0 aliphatic carbocycles. The third kappa shape index (κ3) is 3.50. The van der Waals surface area contributed by atoms with Crippen LogP contribution in [0.3, 0.4) is 0 Å². The molecule has 0 fully saturated rings. The van der Waals surface area contributed by atoms with Gasteiger partial charge in [0.15, 0.2) is 0 Å². The molecule has 1 unspecified atom stereocenters. The molecular formula is C23H21F3N2O2. The van der Waals surface area contributed by atoms with Gasteiger partial charge in [-0.3, -0.25) is 14.3 Å². The molecule has 1 aliphatic rings. The SMILES string of the molecule is COc1cc(-c2cc(F)cc(F)c2)c(F)cc1-n1c2c(ccc1=O)CN(C)C(C)C2. The molecule has 7 heteroatoms. The van der Waals surface area contributed by atoms with Gasteiger partial charge in [0.2, 0.25) is 0 Å². The standard InChI is InChI=1S/C23H21F3N2O2/c1-13-6-20-14(12-27(13)2)4-5-23(29)28(20)21-11-19(26)18(10-22(21)30-3)15-7-16(24)9-17(25)8-15/h4-5,7-11,13H,6,12H2,1-3H3. The molecule has 1 aromatic heterocycles. The predicted molar refractivity (Wildman–Crippen MR) is 109 cm³/mol. The van der Waals surface area contributed by atoms with Crippen LogP contribution in [0, 0.1) is 17.5 Å². The highest BCUT2D eigenvalue weighted by atomic mass is 19.1. The van der Waals surface area contributed by atoms with Gasteiger partial charge < -0.3 is 4.74 Å². The average molecular weight is 414 g/mol. The summed E-state index contributed by atoms with van der Waals surface area (Å²) in [7, 11) is 3.42. The molecule has 1 atom stereocenters.